The molecule has 0 bridgehead atoms. The fourth-order valence-electron chi connectivity index (χ4n) is 1.70. The van der Waals surface area contributed by atoms with Gasteiger partial charge in [-0.1, -0.05) is 27.7 Å². The number of hydrogen-bond donors (Lipinski definition) is 3. The lowest BCUT2D eigenvalue weighted by Crippen LogP contribution is -2.45. The molecular weight excluding hydrogens is 254 g/mol. The van der Waals surface area contributed by atoms with Crippen molar-refractivity contribution >= 4 is 6.03 Å². The van der Waals surface area contributed by atoms with E-state index in [1.54, 1.807) is 12.4 Å². The van der Waals surface area contributed by atoms with Crippen LogP contribution in [-0.2, 0) is 5.41 Å². The summed E-state index contributed by atoms with van der Waals surface area (Å²) in [5, 5.41) is 15.1. The van der Waals surface area contributed by atoms with Crippen LogP contribution in [0.3, 0.4) is 0 Å². The van der Waals surface area contributed by atoms with Crippen LogP contribution in [0.2, 0.25) is 0 Å². The molecule has 5 heteroatoms. The van der Waals surface area contributed by atoms with Gasteiger partial charge in [-0.3, -0.25) is 4.98 Å². The van der Waals surface area contributed by atoms with Crippen molar-refractivity contribution in [1.82, 2.24) is 15.6 Å². The number of nitrogens with zero attached hydrogens (tertiary/aromatic N) is 1. The topological polar surface area (TPSA) is 74.2 Å². The van der Waals surface area contributed by atoms with E-state index in [1.807, 2.05) is 26.0 Å². The summed E-state index contributed by atoms with van der Waals surface area (Å²) in [6.07, 6.45) is 2.97. The van der Waals surface area contributed by atoms with Crippen LogP contribution < -0.4 is 10.6 Å². The van der Waals surface area contributed by atoms with Crippen molar-refractivity contribution in [2.24, 2.45) is 5.92 Å². The minimum absolute atomic E-state index is 0.128. The number of carbonyl (C=O) groups excluding carboxylic acids is 1. The van der Waals surface area contributed by atoms with E-state index in [9.17, 15) is 9.90 Å². The molecule has 1 rings (SSSR count). The minimum atomic E-state index is -0.519. The molecule has 1 unspecified atom stereocenters. The van der Waals surface area contributed by atoms with Crippen LogP contribution in [0.1, 0.15) is 33.3 Å². The van der Waals surface area contributed by atoms with Crippen molar-refractivity contribution in [3.05, 3.63) is 30.1 Å². The smallest absolute Gasteiger partial charge is 0.314 e. The highest BCUT2D eigenvalue weighted by Crippen LogP contribution is 2.20. The molecule has 0 aliphatic heterocycles. The second kappa shape index (κ2) is 7.24. The summed E-state index contributed by atoms with van der Waals surface area (Å²) in [4.78, 5) is 15.7. The van der Waals surface area contributed by atoms with Gasteiger partial charge in [-0.25, -0.2) is 4.79 Å². The number of urea groups is 1. The van der Waals surface area contributed by atoms with Crippen molar-refractivity contribution in [3.8, 4) is 0 Å². The molecular formula is C15H25N3O2. The van der Waals surface area contributed by atoms with E-state index >= 15 is 0 Å². The first kappa shape index (κ1) is 16.4. The average molecular weight is 279 g/mol. The van der Waals surface area contributed by atoms with Gasteiger partial charge in [0.05, 0.1) is 6.10 Å². The standard InChI is InChI=1S/C15H25N3O2/c1-11(2)13(19)9-17-14(20)18-10-15(3,4)12-5-7-16-8-6-12/h5-8,11,13,19H,9-10H2,1-4H3,(H2,17,18,20). The molecule has 0 radical (unpaired) electrons. The Morgan fingerprint density at radius 1 is 1.30 bits per heavy atom. The van der Waals surface area contributed by atoms with Crippen molar-refractivity contribution in [1.29, 1.82) is 0 Å². The Labute approximate surface area is 120 Å². The van der Waals surface area contributed by atoms with Crippen LogP contribution in [0, 0.1) is 5.92 Å². The van der Waals surface area contributed by atoms with Gasteiger partial charge in [0.15, 0.2) is 0 Å². The third kappa shape index (κ3) is 5.17. The lowest BCUT2D eigenvalue weighted by atomic mass is 9.85. The predicted octanol–water partition coefficient (Wildman–Crippen LogP) is 1.68. The zero-order valence-corrected chi connectivity index (χ0v) is 12.7. The molecule has 0 fully saturated rings. The quantitative estimate of drug-likeness (QED) is 0.741. The largest absolute Gasteiger partial charge is 0.391 e. The molecule has 1 atom stereocenters. The Balaban J connectivity index is 2.41. The minimum Gasteiger partial charge on any atom is -0.391 e. The molecule has 0 aliphatic rings. The van der Waals surface area contributed by atoms with Gasteiger partial charge < -0.3 is 15.7 Å². The van der Waals surface area contributed by atoms with Crippen LogP contribution in [0.4, 0.5) is 4.79 Å². The molecule has 2 amide bonds. The van der Waals surface area contributed by atoms with E-state index in [0.29, 0.717) is 6.54 Å². The van der Waals surface area contributed by atoms with Gasteiger partial charge in [0.1, 0.15) is 0 Å². The molecule has 0 saturated heterocycles. The summed E-state index contributed by atoms with van der Waals surface area (Å²) in [7, 11) is 0. The fourth-order valence-corrected chi connectivity index (χ4v) is 1.70. The zero-order chi connectivity index (χ0) is 15.2. The number of pyridine rings is 1. The monoisotopic (exact) mass is 279 g/mol. The summed E-state index contributed by atoms with van der Waals surface area (Å²) in [5.74, 6) is 0.128. The third-order valence-electron chi connectivity index (χ3n) is 3.39. The molecule has 1 aromatic heterocycles. The van der Waals surface area contributed by atoms with Gasteiger partial charge in [0, 0.05) is 30.9 Å². The number of aliphatic hydroxyl groups is 1. The molecule has 1 aromatic rings. The van der Waals surface area contributed by atoms with E-state index in [4.69, 9.17) is 0 Å². The Kier molecular flexibility index (Phi) is 5.95. The maximum Gasteiger partial charge on any atom is 0.314 e. The third-order valence-corrected chi connectivity index (χ3v) is 3.39. The number of nitrogens with one attached hydrogen (secondary N) is 2. The van der Waals surface area contributed by atoms with Crippen LogP contribution >= 0.6 is 0 Å². The second-order valence-corrected chi connectivity index (χ2v) is 5.99. The highest BCUT2D eigenvalue weighted by molar-refractivity contribution is 5.74. The molecule has 0 aliphatic carbocycles. The van der Waals surface area contributed by atoms with Gasteiger partial charge in [-0.2, -0.15) is 0 Å². The Morgan fingerprint density at radius 3 is 2.45 bits per heavy atom. The maximum atomic E-state index is 11.7. The van der Waals surface area contributed by atoms with Gasteiger partial charge in [0.25, 0.3) is 0 Å². The first-order valence-electron chi connectivity index (χ1n) is 6.93. The highest BCUT2D eigenvalue weighted by Gasteiger charge is 2.21. The van der Waals surface area contributed by atoms with Crippen molar-refractivity contribution in [2.75, 3.05) is 13.1 Å². The van der Waals surface area contributed by atoms with E-state index in [2.05, 4.69) is 29.5 Å². The Morgan fingerprint density at radius 2 is 1.90 bits per heavy atom. The van der Waals surface area contributed by atoms with Gasteiger partial charge in [0.2, 0.25) is 0 Å². The molecule has 5 nitrogen and oxygen atoms in total. The van der Waals surface area contributed by atoms with Crippen LogP contribution in [0.15, 0.2) is 24.5 Å². The van der Waals surface area contributed by atoms with Gasteiger partial charge in [-0.05, 0) is 23.6 Å². The number of aliphatic hydroxyl groups excluding tert-OH is 1. The Hall–Kier alpha value is -1.62. The molecule has 20 heavy (non-hydrogen) atoms. The van der Waals surface area contributed by atoms with Crippen molar-refractivity contribution < 1.29 is 9.90 Å². The van der Waals surface area contributed by atoms with E-state index in [0.717, 1.165) is 5.56 Å². The molecule has 0 spiro atoms. The fraction of sp³-hybridized carbons (Fsp3) is 0.600. The zero-order valence-electron chi connectivity index (χ0n) is 12.7. The average Bonchev–Trinajstić information content (AvgIpc) is 2.43. The lowest BCUT2D eigenvalue weighted by molar-refractivity contribution is 0.125. The number of hydrogen-bond acceptors (Lipinski definition) is 3. The van der Waals surface area contributed by atoms with Crippen molar-refractivity contribution in [3.63, 3.8) is 0 Å². The summed E-state index contributed by atoms with van der Waals surface area (Å²) in [6, 6.07) is 3.64. The summed E-state index contributed by atoms with van der Waals surface area (Å²) >= 11 is 0. The summed E-state index contributed by atoms with van der Waals surface area (Å²) in [6.45, 7) is 8.73. The predicted molar refractivity (Wildman–Crippen MR) is 79.5 cm³/mol. The van der Waals surface area contributed by atoms with E-state index < -0.39 is 6.10 Å². The van der Waals surface area contributed by atoms with Crippen LogP contribution in [-0.4, -0.2) is 35.3 Å². The van der Waals surface area contributed by atoms with Gasteiger partial charge in [-0.15, -0.1) is 0 Å². The second-order valence-electron chi connectivity index (χ2n) is 5.99. The maximum absolute atomic E-state index is 11.7. The molecule has 3 N–H and O–H groups in total. The van der Waals surface area contributed by atoms with E-state index in [1.165, 1.54) is 0 Å². The number of rotatable bonds is 6. The number of carbonyl (C=O) groups is 1. The first-order valence-corrected chi connectivity index (χ1v) is 6.93. The summed E-state index contributed by atoms with van der Waals surface area (Å²) in [5.41, 5.74) is 0.951. The van der Waals surface area contributed by atoms with Gasteiger partial charge >= 0.3 is 6.03 Å². The van der Waals surface area contributed by atoms with Crippen LogP contribution in [0.25, 0.3) is 0 Å². The molecule has 0 aromatic carbocycles. The number of aromatic nitrogens is 1. The molecule has 112 valence electrons. The first-order chi connectivity index (χ1) is 9.33. The SMILES string of the molecule is CC(C)C(O)CNC(=O)NCC(C)(C)c1ccncc1. The Bertz CT molecular complexity index is 418. The van der Waals surface area contributed by atoms with Crippen molar-refractivity contribution in [2.45, 2.75) is 39.2 Å². The lowest BCUT2D eigenvalue weighted by Gasteiger charge is -2.25. The summed E-state index contributed by atoms with van der Waals surface area (Å²) < 4.78 is 0. The number of amides is 2. The van der Waals surface area contributed by atoms with Crippen LogP contribution in [0.5, 0.6) is 0 Å². The molecule has 1 heterocycles. The normalized spacial score (nSPS) is 13.1. The highest BCUT2D eigenvalue weighted by atomic mass is 16.3. The van der Waals surface area contributed by atoms with E-state index in [-0.39, 0.29) is 23.9 Å². The molecule has 0 saturated carbocycles.